The van der Waals surface area contributed by atoms with Crippen LogP contribution in [-0.4, -0.2) is 27.9 Å². The summed E-state index contributed by atoms with van der Waals surface area (Å²) in [6, 6.07) is 3.85. The molecule has 1 aliphatic rings. The standard InChI is InChI=1S/C17H18FN5O3/c1-7(2)13-14(15(16(19)25)23-22-13)21-17(26)10-6-12(24)20-11-5-8(18)3-4-9(10)11/h3-5,7,10H,6H2,1-2H3,(H2,19,25)(H,20,24)(H,21,26)(H,22,23). The highest BCUT2D eigenvalue weighted by Crippen LogP contribution is 2.34. The molecule has 0 saturated heterocycles. The van der Waals surface area contributed by atoms with Gasteiger partial charge in [-0.15, -0.1) is 0 Å². The molecule has 0 spiro atoms. The second kappa shape index (κ2) is 6.58. The predicted octanol–water partition coefficient (Wildman–Crippen LogP) is 1.84. The number of hydrogen-bond acceptors (Lipinski definition) is 4. The number of H-pyrrole nitrogens is 1. The van der Waals surface area contributed by atoms with Gasteiger partial charge in [-0.3, -0.25) is 19.5 Å². The van der Waals surface area contributed by atoms with E-state index in [4.69, 9.17) is 5.73 Å². The Kier molecular flexibility index (Phi) is 4.45. The first-order chi connectivity index (χ1) is 12.3. The van der Waals surface area contributed by atoms with Gasteiger partial charge in [0, 0.05) is 12.1 Å². The van der Waals surface area contributed by atoms with Gasteiger partial charge < -0.3 is 16.4 Å². The summed E-state index contributed by atoms with van der Waals surface area (Å²) < 4.78 is 13.4. The lowest BCUT2D eigenvalue weighted by molar-refractivity contribution is -0.123. The minimum absolute atomic E-state index is 0.0538. The van der Waals surface area contributed by atoms with E-state index < -0.39 is 29.5 Å². The van der Waals surface area contributed by atoms with Crippen LogP contribution in [0.25, 0.3) is 0 Å². The van der Waals surface area contributed by atoms with Gasteiger partial charge >= 0.3 is 0 Å². The quantitative estimate of drug-likeness (QED) is 0.663. The van der Waals surface area contributed by atoms with E-state index >= 15 is 0 Å². The molecule has 2 heterocycles. The van der Waals surface area contributed by atoms with Crippen molar-refractivity contribution in [2.45, 2.75) is 32.1 Å². The maximum absolute atomic E-state index is 13.4. The third kappa shape index (κ3) is 3.15. The number of rotatable bonds is 4. The first-order valence-corrected chi connectivity index (χ1v) is 8.06. The molecule has 26 heavy (non-hydrogen) atoms. The Hall–Kier alpha value is -3.23. The van der Waals surface area contributed by atoms with Crippen LogP contribution in [0.4, 0.5) is 15.8 Å². The highest BCUT2D eigenvalue weighted by atomic mass is 19.1. The van der Waals surface area contributed by atoms with Gasteiger partial charge in [-0.2, -0.15) is 5.10 Å². The SMILES string of the molecule is CC(C)c1[nH]nc(C(N)=O)c1NC(=O)C1CC(=O)Nc2cc(F)ccc21. The van der Waals surface area contributed by atoms with Gasteiger partial charge in [0.2, 0.25) is 11.8 Å². The van der Waals surface area contributed by atoms with Gasteiger partial charge in [-0.05, 0) is 23.6 Å². The summed E-state index contributed by atoms with van der Waals surface area (Å²) in [7, 11) is 0. The number of aromatic nitrogens is 2. The molecule has 9 heteroatoms. The molecule has 1 aromatic heterocycles. The summed E-state index contributed by atoms with van der Waals surface area (Å²) in [5, 5.41) is 11.8. The van der Waals surface area contributed by atoms with Crippen molar-refractivity contribution in [3.8, 4) is 0 Å². The van der Waals surface area contributed by atoms with E-state index in [1.807, 2.05) is 13.8 Å². The Morgan fingerprint density at radius 3 is 2.77 bits per heavy atom. The number of nitrogens with one attached hydrogen (secondary N) is 3. The van der Waals surface area contributed by atoms with E-state index in [1.54, 1.807) is 0 Å². The number of primary amides is 1. The zero-order valence-electron chi connectivity index (χ0n) is 14.2. The summed E-state index contributed by atoms with van der Waals surface area (Å²) in [6.45, 7) is 3.72. The molecule has 136 valence electrons. The largest absolute Gasteiger partial charge is 0.364 e. The van der Waals surface area contributed by atoms with Crippen molar-refractivity contribution in [1.29, 1.82) is 0 Å². The summed E-state index contributed by atoms with van der Waals surface area (Å²) in [5.41, 5.74) is 6.74. The minimum atomic E-state index is -0.824. The topological polar surface area (TPSA) is 130 Å². The molecule has 1 unspecified atom stereocenters. The molecule has 0 bridgehead atoms. The first kappa shape index (κ1) is 17.6. The van der Waals surface area contributed by atoms with E-state index in [-0.39, 0.29) is 29.4 Å². The Labute approximate surface area is 148 Å². The third-order valence-corrected chi connectivity index (χ3v) is 4.22. The van der Waals surface area contributed by atoms with Crippen LogP contribution in [0, 0.1) is 5.82 Å². The molecule has 5 N–H and O–H groups in total. The molecule has 8 nitrogen and oxygen atoms in total. The molecular formula is C17H18FN5O3. The lowest BCUT2D eigenvalue weighted by Gasteiger charge is -2.25. The maximum Gasteiger partial charge on any atom is 0.271 e. The second-order valence-corrected chi connectivity index (χ2v) is 6.41. The maximum atomic E-state index is 13.4. The Balaban J connectivity index is 1.96. The first-order valence-electron chi connectivity index (χ1n) is 8.06. The third-order valence-electron chi connectivity index (χ3n) is 4.22. The second-order valence-electron chi connectivity index (χ2n) is 6.41. The van der Waals surface area contributed by atoms with E-state index in [0.717, 1.165) is 0 Å². The highest BCUT2D eigenvalue weighted by Gasteiger charge is 2.32. The molecule has 0 saturated carbocycles. The zero-order valence-corrected chi connectivity index (χ0v) is 14.2. The molecule has 0 aliphatic carbocycles. The molecule has 1 aliphatic heterocycles. The van der Waals surface area contributed by atoms with Gasteiger partial charge in [-0.1, -0.05) is 19.9 Å². The van der Waals surface area contributed by atoms with E-state index in [1.165, 1.54) is 18.2 Å². The van der Waals surface area contributed by atoms with Gasteiger partial charge in [0.05, 0.1) is 17.3 Å². The molecule has 2 aromatic rings. The number of carbonyl (C=O) groups is 3. The summed E-state index contributed by atoms with van der Waals surface area (Å²) in [5.74, 6) is -3.07. The number of amides is 3. The van der Waals surface area contributed by atoms with Gasteiger partial charge in [-0.25, -0.2) is 4.39 Å². The molecule has 3 amide bonds. The monoisotopic (exact) mass is 359 g/mol. The number of aromatic amines is 1. The fourth-order valence-electron chi connectivity index (χ4n) is 2.96. The normalized spacial score (nSPS) is 16.2. The van der Waals surface area contributed by atoms with Crippen LogP contribution in [0.1, 0.15) is 53.8 Å². The average Bonchev–Trinajstić information content (AvgIpc) is 2.97. The summed E-state index contributed by atoms with van der Waals surface area (Å²) in [6.07, 6.45) is -0.0920. The smallest absolute Gasteiger partial charge is 0.271 e. The van der Waals surface area contributed by atoms with Gasteiger partial charge in [0.25, 0.3) is 5.91 Å². The fourth-order valence-corrected chi connectivity index (χ4v) is 2.96. The predicted molar refractivity (Wildman–Crippen MR) is 92.2 cm³/mol. The van der Waals surface area contributed by atoms with Crippen molar-refractivity contribution in [3.63, 3.8) is 0 Å². The lowest BCUT2D eigenvalue weighted by Crippen LogP contribution is -2.31. The Bertz CT molecular complexity index is 906. The Morgan fingerprint density at radius 1 is 1.38 bits per heavy atom. The number of benzene rings is 1. The molecular weight excluding hydrogens is 341 g/mol. The van der Waals surface area contributed by atoms with Crippen molar-refractivity contribution in [3.05, 3.63) is 41.0 Å². The Morgan fingerprint density at radius 2 is 2.12 bits per heavy atom. The summed E-state index contributed by atoms with van der Waals surface area (Å²) >= 11 is 0. The number of halogens is 1. The van der Waals surface area contributed by atoms with Crippen LogP contribution < -0.4 is 16.4 Å². The lowest BCUT2D eigenvalue weighted by atomic mass is 9.89. The molecule has 0 fully saturated rings. The molecule has 0 radical (unpaired) electrons. The number of hydrogen-bond donors (Lipinski definition) is 4. The van der Waals surface area contributed by atoms with E-state index in [9.17, 15) is 18.8 Å². The van der Waals surface area contributed by atoms with E-state index in [2.05, 4.69) is 20.8 Å². The van der Waals surface area contributed by atoms with Crippen LogP contribution in [0.3, 0.4) is 0 Å². The molecule has 1 aromatic carbocycles. The molecule has 1 atom stereocenters. The zero-order chi connectivity index (χ0) is 19.0. The van der Waals surface area contributed by atoms with Crippen molar-refractivity contribution >= 4 is 29.1 Å². The van der Waals surface area contributed by atoms with Crippen molar-refractivity contribution in [1.82, 2.24) is 10.2 Å². The van der Waals surface area contributed by atoms with E-state index in [0.29, 0.717) is 11.3 Å². The number of anilines is 2. The van der Waals surface area contributed by atoms with Crippen LogP contribution in [-0.2, 0) is 9.59 Å². The van der Waals surface area contributed by atoms with Crippen molar-refractivity contribution < 1.29 is 18.8 Å². The van der Waals surface area contributed by atoms with Crippen LogP contribution in [0.5, 0.6) is 0 Å². The van der Waals surface area contributed by atoms with Crippen LogP contribution in [0.2, 0.25) is 0 Å². The minimum Gasteiger partial charge on any atom is -0.364 e. The van der Waals surface area contributed by atoms with Gasteiger partial charge in [0.1, 0.15) is 5.82 Å². The fraction of sp³-hybridized carbons (Fsp3) is 0.294. The number of fused-ring (bicyclic) bond motifs is 1. The van der Waals surface area contributed by atoms with Crippen molar-refractivity contribution in [2.75, 3.05) is 10.6 Å². The number of carbonyl (C=O) groups excluding carboxylic acids is 3. The number of nitrogens with two attached hydrogens (primary N) is 1. The van der Waals surface area contributed by atoms with Gasteiger partial charge in [0.15, 0.2) is 5.69 Å². The summed E-state index contributed by atoms with van der Waals surface area (Å²) in [4.78, 5) is 36.3. The highest BCUT2D eigenvalue weighted by molar-refractivity contribution is 6.08. The molecule has 3 rings (SSSR count). The number of nitrogens with zero attached hydrogens (tertiary/aromatic N) is 1. The van der Waals surface area contributed by atoms with Crippen LogP contribution in [0.15, 0.2) is 18.2 Å². The average molecular weight is 359 g/mol. The van der Waals surface area contributed by atoms with Crippen molar-refractivity contribution in [2.24, 2.45) is 5.73 Å². The van der Waals surface area contributed by atoms with Crippen LogP contribution >= 0.6 is 0 Å².